The number of aliphatic hydroxyl groups excluding tert-OH is 1. The molecule has 0 radical (unpaired) electrons. The van der Waals surface area contributed by atoms with E-state index < -0.39 is 6.10 Å². The van der Waals surface area contributed by atoms with Crippen LogP contribution in [0, 0.1) is 0 Å². The largest absolute Gasteiger partial charge is 0.389 e. The van der Waals surface area contributed by atoms with E-state index in [9.17, 15) is 5.11 Å². The Kier molecular flexibility index (Phi) is 8.49. The van der Waals surface area contributed by atoms with E-state index in [-0.39, 0.29) is 12.7 Å². The SMILES string of the molecule is CC(C)OCCOCC(O)CNc1cc(Cl)ccc1Br. The van der Waals surface area contributed by atoms with Crippen LogP contribution in [0.25, 0.3) is 0 Å². The van der Waals surface area contributed by atoms with E-state index in [0.29, 0.717) is 24.8 Å². The molecule has 1 aromatic carbocycles. The van der Waals surface area contributed by atoms with Gasteiger partial charge in [-0.25, -0.2) is 0 Å². The molecule has 4 nitrogen and oxygen atoms in total. The van der Waals surface area contributed by atoms with Crippen LogP contribution in [0.2, 0.25) is 5.02 Å². The van der Waals surface area contributed by atoms with Gasteiger partial charge in [-0.15, -0.1) is 0 Å². The Morgan fingerprint density at radius 2 is 2.10 bits per heavy atom. The minimum absolute atomic E-state index is 0.199. The lowest BCUT2D eigenvalue weighted by Gasteiger charge is -2.15. The fourth-order valence-corrected chi connectivity index (χ4v) is 2.04. The Morgan fingerprint density at radius 3 is 2.80 bits per heavy atom. The van der Waals surface area contributed by atoms with Gasteiger partial charge in [-0.3, -0.25) is 0 Å². The number of hydrogen-bond donors (Lipinski definition) is 2. The van der Waals surface area contributed by atoms with Crippen LogP contribution in [0.4, 0.5) is 5.69 Å². The van der Waals surface area contributed by atoms with Gasteiger partial charge in [0.15, 0.2) is 0 Å². The molecule has 2 N–H and O–H groups in total. The van der Waals surface area contributed by atoms with Crippen molar-refractivity contribution in [2.75, 3.05) is 31.7 Å². The van der Waals surface area contributed by atoms with Crippen molar-refractivity contribution >= 4 is 33.2 Å². The number of halogens is 2. The van der Waals surface area contributed by atoms with Crippen LogP contribution >= 0.6 is 27.5 Å². The first-order valence-corrected chi connectivity index (χ1v) is 7.72. The molecule has 1 atom stereocenters. The van der Waals surface area contributed by atoms with Crippen LogP contribution in [0.3, 0.4) is 0 Å². The predicted octanol–water partition coefficient (Wildman–Crippen LogP) is 3.32. The van der Waals surface area contributed by atoms with Crippen molar-refractivity contribution in [2.24, 2.45) is 0 Å². The average Bonchev–Trinajstić information content (AvgIpc) is 2.39. The highest BCUT2D eigenvalue weighted by molar-refractivity contribution is 9.10. The van der Waals surface area contributed by atoms with Crippen LogP contribution in [0.1, 0.15) is 13.8 Å². The van der Waals surface area contributed by atoms with Crippen molar-refractivity contribution in [3.8, 4) is 0 Å². The van der Waals surface area contributed by atoms with Gasteiger partial charge in [0.2, 0.25) is 0 Å². The quantitative estimate of drug-likeness (QED) is 0.658. The highest BCUT2D eigenvalue weighted by Crippen LogP contribution is 2.25. The van der Waals surface area contributed by atoms with Gasteiger partial charge < -0.3 is 19.9 Å². The van der Waals surface area contributed by atoms with Gasteiger partial charge in [0.05, 0.1) is 32.0 Å². The minimum Gasteiger partial charge on any atom is -0.389 e. The molecule has 1 rings (SSSR count). The number of anilines is 1. The van der Waals surface area contributed by atoms with Gasteiger partial charge in [-0.2, -0.15) is 0 Å². The van der Waals surface area contributed by atoms with Gasteiger partial charge in [-0.1, -0.05) is 11.6 Å². The standard InChI is InChI=1S/C14H21BrClNO3/c1-10(2)20-6-5-19-9-12(18)8-17-14-7-11(16)3-4-13(14)15/h3-4,7,10,12,17-18H,5-6,8-9H2,1-2H3. The second-order valence-corrected chi connectivity index (χ2v) is 5.94. The topological polar surface area (TPSA) is 50.7 Å². The van der Waals surface area contributed by atoms with Crippen LogP contribution in [-0.4, -0.2) is 43.7 Å². The van der Waals surface area contributed by atoms with Crippen LogP contribution in [-0.2, 0) is 9.47 Å². The summed E-state index contributed by atoms with van der Waals surface area (Å²) in [6, 6.07) is 5.46. The van der Waals surface area contributed by atoms with Crippen molar-refractivity contribution < 1.29 is 14.6 Å². The van der Waals surface area contributed by atoms with Gasteiger partial charge in [0, 0.05) is 21.7 Å². The molecule has 6 heteroatoms. The number of ether oxygens (including phenoxy) is 2. The van der Waals surface area contributed by atoms with Crippen molar-refractivity contribution in [2.45, 2.75) is 26.1 Å². The Balaban J connectivity index is 2.19. The molecule has 0 bridgehead atoms. The first-order valence-electron chi connectivity index (χ1n) is 6.55. The molecule has 1 unspecified atom stereocenters. The van der Waals surface area contributed by atoms with Crippen molar-refractivity contribution in [3.05, 3.63) is 27.7 Å². The van der Waals surface area contributed by atoms with E-state index in [1.807, 2.05) is 19.9 Å². The summed E-state index contributed by atoms with van der Waals surface area (Å²) >= 11 is 9.33. The summed E-state index contributed by atoms with van der Waals surface area (Å²) in [5, 5.41) is 13.6. The molecule has 1 aromatic rings. The van der Waals surface area contributed by atoms with Gasteiger partial charge >= 0.3 is 0 Å². The molecule has 0 heterocycles. The molecule has 0 saturated carbocycles. The lowest BCUT2D eigenvalue weighted by Crippen LogP contribution is -2.26. The highest BCUT2D eigenvalue weighted by Gasteiger charge is 2.06. The Morgan fingerprint density at radius 1 is 1.35 bits per heavy atom. The molecular weight excluding hydrogens is 346 g/mol. The molecule has 0 saturated heterocycles. The summed E-state index contributed by atoms with van der Waals surface area (Å²) in [5.74, 6) is 0. The summed E-state index contributed by atoms with van der Waals surface area (Å²) in [6.07, 6.45) is -0.384. The molecule has 114 valence electrons. The zero-order chi connectivity index (χ0) is 15.0. The van der Waals surface area contributed by atoms with Crippen LogP contribution in [0.5, 0.6) is 0 Å². The van der Waals surface area contributed by atoms with Gasteiger partial charge in [-0.05, 0) is 48.0 Å². The van der Waals surface area contributed by atoms with E-state index in [4.69, 9.17) is 21.1 Å². The Hall–Kier alpha value is -0.330. The maximum atomic E-state index is 9.80. The molecular formula is C14H21BrClNO3. The van der Waals surface area contributed by atoms with Crippen molar-refractivity contribution in [1.29, 1.82) is 0 Å². The van der Waals surface area contributed by atoms with Gasteiger partial charge in [0.25, 0.3) is 0 Å². The first kappa shape index (κ1) is 17.7. The number of rotatable bonds is 9. The summed E-state index contributed by atoms with van der Waals surface area (Å²) in [6.45, 7) is 5.63. The third-order valence-electron chi connectivity index (χ3n) is 2.45. The van der Waals surface area contributed by atoms with Crippen LogP contribution < -0.4 is 5.32 Å². The maximum Gasteiger partial charge on any atom is 0.0945 e. The van der Waals surface area contributed by atoms with E-state index >= 15 is 0 Å². The first-order chi connectivity index (χ1) is 9.49. The molecule has 0 spiro atoms. The third-order valence-corrected chi connectivity index (χ3v) is 3.37. The maximum absolute atomic E-state index is 9.80. The predicted molar refractivity (Wildman–Crippen MR) is 85.6 cm³/mol. The highest BCUT2D eigenvalue weighted by atomic mass is 79.9. The molecule has 20 heavy (non-hydrogen) atoms. The third kappa shape index (κ3) is 7.45. The molecule has 0 aliphatic heterocycles. The minimum atomic E-state index is -0.583. The summed E-state index contributed by atoms with van der Waals surface area (Å²) in [7, 11) is 0. The number of nitrogens with one attached hydrogen (secondary N) is 1. The second kappa shape index (κ2) is 9.58. The lowest BCUT2D eigenvalue weighted by atomic mass is 10.3. The van der Waals surface area contributed by atoms with E-state index in [2.05, 4.69) is 21.2 Å². The Bertz CT molecular complexity index is 404. The van der Waals surface area contributed by atoms with Gasteiger partial charge in [0.1, 0.15) is 0 Å². The zero-order valence-electron chi connectivity index (χ0n) is 11.7. The molecule has 0 amide bonds. The fraction of sp³-hybridized carbons (Fsp3) is 0.571. The zero-order valence-corrected chi connectivity index (χ0v) is 14.1. The van der Waals surface area contributed by atoms with Crippen molar-refractivity contribution in [3.63, 3.8) is 0 Å². The lowest BCUT2D eigenvalue weighted by molar-refractivity contribution is -0.00734. The van der Waals surface area contributed by atoms with E-state index in [1.54, 1.807) is 12.1 Å². The molecule has 0 aliphatic rings. The number of benzene rings is 1. The summed E-state index contributed by atoms with van der Waals surface area (Å²) in [5.41, 5.74) is 0.847. The molecule has 0 aromatic heterocycles. The van der Waals surface area contributed by atoms with E-state index in [1.165, 1.54) is 0 Å². The summed E-state index contributed by atoms with van der Waals surface area (Å²) < 4.78 is 11.6. The molecule has 0 fully saturated rings. The monoisotopic (exact) mass is 365 g/mol. The molecule has 0 aliphatic carbocycles. The normalized spacial score (nSPS) is 12.7. The fourth-order valence-electron chi connectivity index (χ4n) is 1.48. The van der Waals surface area contributed by atoms with E-state index in [0.717, 1.165) is 10.2 Å². The second-order valence-electron chi connectivity index (χ2n) is 4.65. The average molecular weight is 367 g/mol. The smallest absolute Gasteiger partial charge is 0.0945 e. The van der Waals surface area contributed by atoms with Crippen LogP contribution in [0.15, 0.2) is 22.7 Å². The number of hydrogen-bond acceptors (Lipinski definition) is 4. The summed E-state index contributed by atoms with van der Waals surface area (Å²) in [4.78, 5) is 0. The van der Waals surface area contributed by atoms with Crippen molar-refractivity contribution in [1.82, 2.24) is 0 Å². The Labute approximate surface area is 133 Å². The number of aliphatic hydroxyl groups is 1.